The zero-order chi connectivity index (χ0) is 13.3. The molecule has 1 aliphatic carbocycles. The SMILES string of the molecule is Cc1n[nH]c(C)c1S(=O)(=O)N(C)C1CCCCC1. The van der Waals surface area contributed by atoms with Gasteiger partial charge in [0.25, 0.3) is 0 Å². The Balaban J connectivity index is 2.30. The van der Waals surface area contributed by atoms with Gasteiger partial charge in [0.05, 0.1) is 11.4 Å². The second-order valence-electron chi connectivity index (χ2n) is 5.08. The van der Waals surface area contributed by atoms with Crippen LogP contribution >= 0.6 is 0 Å². The van der Waals surface area contributed by atoms with E-state index < -0.39 is 10.0 Å². The molecule has 1 heterocycles. The van der Waals surface area contributed by atoms with Gasteiger partial charge in [-0.1, -0.05) is 19.3 Å². The molecule has 1 saturated carbocycles. The van der Waals surface area contributed by atoms with E-state index in [2.05, 4.69) is 10.2 Å². The fraction of sp³-hybridized carbons (Fsp3) is 0.750. The number of sulfonamides is 1. The molecule has 6 heteroatoms. The first-order chi connectivity index (χ1) is 8.44. The zero-order valence-corrected chi connectivity index (χ0v) is 12.0. The van der Waals surface area contributed by atoms with Crippen molar-refractivity contribution in [2.24, 2.45) is 0 Å². The molecule has 1 fully saturated rings. The third kappa shape index (κ3) is 2.31. The summed E-state index contributed by atoms with van der Waals surface area (Å²) in [5.74, 6) is 0. The molecule has 0 spiro atoms. The number of rotatable bonds is 3. The summed E-state index contributed by atoms with van der Waals surface area (Å²) in [5, 5.41) is 6.72. The standard InChI is InChI=1S/C12H21N3O2S/c1-9-12(10(2)14-13-9)18(16,17)15(3)11-7-5-4-6-8-11/h11H,4-8H2,1-3H3,(H,13,14). The maximum absolute atomic E-state index is 12.6. The van der Waals surface area contributed by atoms with E-state index in [0.29, 0.717) is 16.3 Å². The van der Waals surface area contributed by atoms with E-state index in [1.54, 1.807) is 20.9 Å². The van der Waals surface area contributed by atoms with Gasteiger partial charge in [0.1, 0.15) is 4.90 Å². The second kappa shape index (κ2) is 5.01. The number of aryl methyl sites for hydroxylation is 2. The van der Waals surface area contributed by atoms with Gasteiger partial charge in [-0.15, -0.1) is 0 Å². The summed E-state index contributed by atoms with van der Waals surface area (Å²) in [6.07, 6.45) is 5.38. The largest absolute Gasteiger partial charge is 0.281 e. The van der Waals surface area contributed by atoms with Gasteiger partial charge in [-0.3, -0.25) is 5.10 Å². The molecule has 0 saturated heterocycles. The fourth-order valence-electron chi connectivity index (χ4n) is 2.71. The van der Waals surface area contributed by atoms with Gasteiger partial charge in [0.2, 0.25) is 10.0 Å². The van der Waals surface area contributed by atoms with Crippen molar-refractivity contribution in [2.45, 2.75) is 56.9 Å². The summed E-state index contributed by atoms with van der Waals surface area (Å²) in [7, 11) is -1.73. The van der Waals surface area contributed by atoms with E-state index >= 15 is 0 Å². The van der Waals surface area contributed by atoms with Crippen LogP contribution in [0.3, 0.4) is 0 Å². The maximum Gasteiger partial charge on any atom is 0.246 e. The molecule has 0 bridgehead atoms. The molecule has 2 rings (SSSR count). The summed E-state index contributed by atoms with van der Waals surface area (Å²) in [5.41, 5.74) is 1.17. The molecule has 102 valence electrons. The van der Waals surface area contributed by atoms with E-state index in [1.807, 2.05) is 0 Å². The highest BCUT2D eigenvalue weighted by Gasteiger charge is 2.32. The number of H-pyrrole nitrogens is 1. The highest BCUT2D eigenvalue weighted by atomic mass is 32.2. The molecule has 18 heavy (non-hydrogen) atoms. The van der Waals surface area contributed by atoms with Gasteiger partial charge < -0.3 is 0 Å². The molecule has 1 aromatic rings. The number of aromatic nitrogens is 2. The van der Waals surface area contributed by atoms with Gasteiger partial charge in [-0.2, -0.15) is 9.40 Å². The summed E-state index contributed by atoms with van der Waals surface area (Å²) in [6.45, 7) is 3.48. The molecule has 1 aromatic heterocycles. The molecular weight excluding hydrogens is 250 g/mol. The molecule has 0 aliphatic heterocycles. The van der Waals surface area contributed by atoms with Crippen molar-refractivity contribution in [3.05, 3.63) is 11.4 Å². The minimum Gasteiger partial charge on any atom is -0.281 e. The molecule has 1 N–H and O–H groups in total. The van der Waals surface area contributed by atoms with Crippen LogP contribution in [0.25, 0.3) is 0 Å². The van der Waals surface area contributed by atoms with Crippen LogP contribution < -0.4 is 0 Å². The first kappa shape index (κ1) is 13.5. The van der Waals surface area contributed by atoms with Gasteiger partial charge in [0.15, 0.2) is 0 Å². The number of hydrogen-bond acceptors (Lipinski definition) is 3. The van der Waals surface area contributed by atoms with Crippen molar-refractivity contribution in [3.8, 4) is 0 Å². The van der Waals surface area contributed by atoms with Gasteiger partial charge in [0, 0.05) is 13.1 Å². The lowest BCUT2D eigenvalue weighted by Gasteiger charge is -2.30. The maximum atomic E-state index is 12.6. The van der Waals surface area contributed by atoms with Crippen LogP contribution in [-0.4, -0.2) is 36.0 Å². The summed E-state index contributed by atoms with van der Waals surface area (Å²) in [6, 6.07) is 0.137. The first-order valence-corrected chi connectivity index (χ1v) is 7.88. The Morgan fingerprint density at radius 2 is 1.83 bits per heavy atom. The fourth-order valence-corrected chi connectivity index (χ4v) is 4.45. The summed E-state index contributed by atoms with van der Waals surface area (Å²) >= 11 is 0. The normalized spacial score (nSPS) is 18.4. The number of aromatic amines is 1. The molecule has 1 aliphatic rings. The van der Waals surface area contributed by atoms with Crippen LogP contribution in [0.5, 0.6) is 0 Å². The second-order valence-corrected chi connectivity index (χ2v) is 7.01. The number of nitrogens with zero attached hydrogens (tertiary/aromatic N) is 2. The van der Waals surface area contributed by atoms with Gasteiger partial charge in [-0.25, -0.2) is 8.42 Å². The van der Waals surface area contributed by atoms with Crippen LogP contribution in [0.1, 0.15) is 43.5 Å². The average molecular weight is 271 g/mol. The topological polar surface area (TPSA) is 66.1 Å². The lowest BCUT2D eigenvalue weighted by atomic mass is 9.96. The van der Waals surface area contributed by atoms with Gasteiger partial charge in [-0.05, 0) is 26.7 Å². The lowest BCUT2D eigenvalue weighted by molar-refractivity contribution is 0.285. The molecule has 0 amide bonds. The van der Waals surface area contributed by atoms with E-state index in [9.17, 15) is 8.42 Å². The van der Waals surface area contributed by atoms with Crippen LogP contribution in [-0.2, 0) is 10.0 Å². The Labute approximate surface area is 109 Å². The van der Waals surface area contributed by atoms with Crippen molar-refractivity contribution in [1.82, 2.24) is 14.5 Å². The quantitative estimate of drug-likeness (QED) is 0.914. The van der Waals surface area contributed by atoms with Crippen molar-refractivity contribution in [2.75, 3.05) is 7.05 Å². The molecular formula is C12H21N3O2S. The minimum absolute atomic E-state index is 0.137. The third-order valence-corrected chi connectivity index (χ3v) is 5.96. The third-order valence-electron chi connectivity index (χ3n) is 3.79. The molecule has 0 atom stereocenters. The number of nitrogens with one attached hydrogen (secondary N) is 1. The van der Waals surface area contributed by atoms with Gasteiger partial charge >= 0.3 is 0 Å². The highest BCUT2D eigenvalue weighted by molar-refractivity contribution is 7.89. The monoisotopic (exact) mass is 271 g/mol. The molecule has 0 radical (unpaired) electrons. The highest BCUT2D eigenvalue weighted by Crippen LogP contribution is 2.28. The Morgan fingerprint density at radius 3 is 2.33 bits per heavy atom. The van der Waals surface area contributed by atoms with E-state index in [0.717, 1.165) is 25.7 Å². The Kier molecular flexibility index (Phi) is 3.77. The van der Waals surface area contributed by atoms with Crippen molar-refractivity contribution >= 4 is 10.0 Å². The average Bonchev–Trinajstić information content (AvgIpc) is 2.69. The minimum atomic E-state index is -3.42. The van der Waals surface area contributed by atoms with Crippen molar-refractivity contribution in [3.63, 3.8) is 0 Å². The van der Waals surface area contributed by atoms with E-state index in [-0.39, 0.29) is 6.04 Å². The molecule has 0 aromatic carbocycles. The van der Waals surface area contributed by atoms with Crippen molar-refractivity contribution < 1.29 is 8.42 Å². The smallest absolute Gasteiger partial charge is 0.246 e. The summed E-state index contributed by atoms with van der Waals surface area (Å²) < 4.78 is 26.7. The Hall–Kier alpha value is -0.880. The van der Waals surface area contributed by atoms with Crippen LogP contribution in [0.2, 0.25) is 0 Å². The zero-order valence-electron chi connectivity index (χ0n) is 11.2. The van der Waals surface area contributed by atoms with E-state index in [1.165, 1.54) is 10.7 Å². The first-order valence-electron chi connectivity index (χ1n) is 6.44. The number of hydrogen-bond donors (Lipinski definition) is 1. The Bertz CT molecular complexity index is 496. The van der Waals surface area contributed by atoms with E-state index in [4.69, 9.17) is 0 Å². The predicted octanol–water partition coefficient (Wildman–Crippen LogP) is 1.98. The predicted molar refractivity (Wildman–Crippen MR) is 69.9 cm³/mol. The van der Waals surface area contributed by atoms with Crippen LogP contribution in [0, 0.1) is 13.8 Å². The molecule has 5 nitrogen and oxygen atoms in total. The van der Waals surface area contributed by atoms with Crippen LogP contribution in [0.4, 0.5) is 0 Å². The summed E-state index contributed by atoms with van der Waals surface area (Å²) in [4.78, 5) is 0.343. The molecule has 0 unspecified atom stereocenters. The Morgan fingerprint density at radius 1 is 1.22 bits per heavy atom. The lowest BCUT2D eigenvalue weighted by Crippen LogP contribution is -2.38. The van der Waals surface area contributed by atoms with Crippen LogP contribution in [0.15, 0.2) is 4.90 Å². The van der Waals surface area contributed by atoms with Crippen molar-refractivity contribution in [1.29, 1.82) is 0 Å².